The van der Waals surface area contributed by atoms with Crippen molar-refractivity contribution < 1.29 is 19.4 Å². The first-order chi connectivity index (χ1) is 9.76. The monoisotopic (exact) mass is 291 g/mol. The van der Waals surface area contributed by atoms with E-state index in [4.69, 9.17) is 4.74 Å². The summed E-state index contributed by atoms with van der Waals surface area (Å²) in [4.78, 5) is 23.4. The Kier molecular flexibility index (Phi) is 4.21. The van der Waals surface area contributed by atoms with Crippen molar-refractivity contribution in [2.24, 2.45) is 5.41 Å². The van der Waals surface area contributed by atoms with Gasteiger partial charge in [-0.2, -0.15) is 0 Å². The summed E-state index contributed by atoms with van der Waals surface area (Å²) in [7, 11) is 0. The highest BCUT2D eigenvalue weighted by Crippen LogP contribution is 2.28. The fourth-order valence-electron chi connectivity index (χ4n) is 2.37. The Balaban J connectivity index is 2.16. The second kappa shape index (κ2) is 5.76. The molecule has 1 unspecified atom stereocenters. The molecule has 0 saturated heterocycles. The predicted octanol–water partition coefficient (Wildman–Crippen LogP) is 2.30. The smallest absolute Gasteiger partial charge is 0.330 e. The van der Waals surface area contributed by atoms with Crippen LogP contribution in [0.4, 0.5) is 0 Å². The van der Waals surface area contributed by atoms with E-state index in [0.717, 1.165) is 17.7 Å². The molecule has 2 N–H and O–H groups in total. The second-order valence-electron chi connectivity index (χ2n) is 6.54. The van der Waals surface area contributed by atoms with Gasteiger partial charge in [-0.15, -0.1) is 0 Å². The van der Waals surface area contributed by atoms with Crippen LogP contribution in [-0.4, -0.2) is 23.6 Å². The molecule has 114 valence electrons. The second-order valence-corrected chi connectivity index (χ2v) is 6.54. The van der Waals surface area contributed by atoms with Crippen LogP contribution in [0.25, 0.3) is 0 Å². The van der Waals surface area contributed by atoms with Gasteiger partial charge in [-0.3, -0.25) is 4.79 Å². The van der Waals surface area contributed by atoms with Crippen LogP contribution in [0.1, 0.15) is 44.4 Å². The first kappa shape index (κ1) is 15.4. The summed E-state index contributed by atoms with van der Waals surface area (Å²) in [6.45, 7) is 6.44. The molecule has 2 rings (SSSR count). The van der Waals surface area contributed by atoms with Crippen molar-refractivity contribution >= 4 is 11.9 Å². The van der Waals surface area contributed by atoms with Crippen LogP contribution >= 0.6 is 0 Å². The van der Waals surface area contributed by atoms with Crippen molar-refractivity contribution in [2.75, 3.05) is 6.61 Å². The number of carboxylic acids is 1. The molecule has 1 heterocycles. The number of amides is 1. The molecule has 21 heavy (non-hydrogen) atoms. The lowest BCUT2D eigenvalue weighted by molar-refractivity contribution is -0.142. The third-order valence-electron chi connectivity index (χ3n) is 3.29. The van der Waals surface area contributed by atoms with Crippen LogP contribution < -0.4 is 10.1 Å². The molecule has 1 atom stereocenters. The summed E-state index contributed by atoms with van der Waals surface area (Å²) in [6, 6.07) is 4.24. The molecule has 0 bridgehead atoms. The molecule has 5 heteroatoms. The summed E-state index contributed by atoms with van der Waals surface area (Å²) in [6.07, 6.45) is 1.05. The van der Waals surface area contributed by atoms with Gasteiger partial charge in [0.05, 0.1) is 6.61 Å². The lowest BCUT2D eigenvalue weighted by atomic mass is 9.91. The minimum Gasteiger partial charge on any atom is -0.493 e. The highest BCUT2D eigenvalue weighted by molar-refractivity contribution is 5.84. The van der Waals surface area contributed by atoms with Gasteiger partial charge in [0.15, 0.2) is 6.04 Å². The summed E-state index contributed by atoms with van der Waals surface area (Å²) in [5.74, 6) is -0.522. The van der Waals surface area contributed by atoms with E-state index in [9.17, 15) is 14.7 Å². The zero-order chi connectivity index (χ0) is 15.6. The Morgan fingerprint density at radius 2 is 2.10 bits per heavy atom. The number of aliphatic carboxylic acids is 1. The van der Waals surface area contributed by atoms with Crippen molar-refractivity contribution in [2.45, 2.75) is 39.7 Å². The fourth-order valence-corrected chi connectivity index (χ4v) is 2.37. The number of carbonyl (C=O) groups is 2. The molecule has 0 saturated carbocycles. The SMILES string of the molecule is CC(C)(C)CC(=O)NC(C(=O)O)c1ccc2c(c1)CCO2. The van der Waals surface area contributed by atoms with Crippen molar-refractivity contribution in [1.82, 2.24) is 5.32 Å². The minimum absolute atomic E-state index is 0.182. The van der Waals surface area contributed by atoms with Crippen LogP contribution in [0.15, 0.2) is 18.2 Å². The average molecular weight is 291 g/mol. The van der Waals surface area contributed by atoms with Crippen LogP contribution in [0.2, 0.25) is 0 Å². The fraction of sp³-hybridized carbons (Fsp3) is 0.500. The number of benzene rings is 1. The number of carboxylic acid groups (broad SMARTS) is 1. The molecular formula is C16H21NO4. The van der Waals surface area contributed by atoms with Crippen LogP contribution in [0.3, 0.4) is 0 Å². The van der Waals surface area contributed by atoms with Crippen LogP contribution in [0.5, 0.6) is 5.75 Å². The van der Waals surface area contributed by atoms with E-state index in [-0.39, 0.29) is 17.7 Å². The molecule has 1 aliphatic heterocycles. The molecule has 1 amide bonds. The minimum atomic E-state index is -1.06. The number of rotatable bonds is 4. The molecule has 1 aliphatic rings. The average Bonchev–Trinajstić information content (AvgIpc) is 2.80. The Bertz CT molecular complexity index is 560. The maximum atomic E-state index is 12.0. The van der Waals surface area contributed by atoms with E-state index >= 15 is 0 Å². The maximum Gasteiger partial charge on any atom is 0.330 e. The topological polar surface area (TPSA) is 75.6 Å². The molecule has 0 aliphatic carbocycles. The van der Waals surface area contributed by atoms with Crippen LogP contribution in [0, 0.1) is 5.41 Å². The van der Waals surface area contributed by atoms with E-state index in [1.54, 1.807) is 18.2 Å². The molecule has 0 aromatic heterocycles. The largest absolute Gasteiger partial charge is 0.493 e. The number of hydrogen-bond donors (Lipinski definition) is 2. The van der Waals surface area contributed by atoms with Crippen LogP contribution in [-0.2, 0) is 16.0 Å². The first-order valence-corrected chi connectivity index (χ1v) is 7.04. The lowest BCUT2D eigenvalue weighted by Crippen LogP contribution is -2.35. The first-order valence-electron chi connectivity index (χ1n) is 7.04. The van der Waals surface area contributed by atoms with E-state index < -0.39 is 12.0 Å². The number of carbonyl (C=O) groups excluding carboxylic acids is 1. The lowest BCUT2D eigenvalue weighted by Gasteiger charge is -2.20. The normalized spacial score (nSPS) is 15.0. The third kappa shape index (κ3) is 3.97. The standard InChI is InChI=1S/C16H21NO4/c1-16(2,3)9-13(18)17-14(15(19)20)11-4-5-12-10(8-11)6-7-21-12/h4-5,8,14H,6-7,9H2,1-3H3,(H,17,18)(H,19,20). The maximum absolute atomic E-state index is 12.0. The van der Waals surface area contributed by atoms with Crippen molar-refractivity contribution in [3.63, 3.8) is 0 Å². The molecule has 0 radical (unpaired) electrons. The zero-order valence-electron chi connectivity index (χ0n) is 12.6. The van der Waals surface area contributed by atoms with E-state index in [0.29, 0.717) is 12.2 Å². The van der Waals surface area contributed by atoms with Gasteiger partial charge < -0.3 is 15.2 Å². The predicted molar refractivity (Wildman–Crippen MR) is 78.2 cm³/mol. The Labute approximate surface area is 124 Å². The number of fused-ring (bicyclic) bond motifs is 1. The molecule has 1 aromatic rings. The van der Waals surface area contributed by atoms with Crippen molar-refractivity contribution in [1.29, 1.82) is 0 Å². The number of nitrogens with one attached hydrogen (secondary N) is 1. The van der Waals surface area contributed by atoms with Gasteiger partial charge in [0, 0.05) is 12.8 Å². The van der Waals surface area contributed by atoms with Gasteiger partial charge in [0.25, 0.3) is 0 Å². The number of ether oxygens (including phenoxy) is 1. The van der Waals surface area contributed by atoms with Gasteiger partial charge in [0.1, 0.15) is 5.75 Å². The highest BCUT2D eigenvalue weighted by atomic mass is 16.5. The summed E-state index contributed by atoms with van der Waals surface area (Å²) >= 11 is 0. The van der Waals surface area contributed by atoms with Crippen molar-refractivity contribution in [3.8, 4) is 5.75 Å². The Morgan fingerprint density at radius 3 is 2.71 bits per heavy atom. The van der Waals surface area contributed by atoms with E-state index in [1.165, 1.54) is 0 Å². The molecule has 1 aromatic carbocycles. The van der Waals surface area contributed by atoms with E-state index in [1.807, 2.05) is 20.8 Å². The Hall–Kier alpha value is -2.04. The molecule has 0 spiro atoms. The molecule has 0 fully saturated rings. The van der Waals surface area contributed by atoms with Crippen molar-refractivity contribution in [3.05, 3.63) is 29.3 Å². The van der Waals surface area contributed by atoms with Gasteiger partial charge >= 0.3 is 5.97 Å². The Morgan fingerprint density at radius 1 is 1.38 bits per heavy atom. The highest BCUT2D eigenvalue weighted by Gasteiger charge is 2.26. The van der Waals surface area contributed by atoms with Gasteiger partial charge in [-0.1, -0.05) is 26.8 Å². The molecule has 5 nitrogen and oxygen atoms in total. The van der Waals surface area contributed by atoms with Gasteiger partial charge in [-0.05, 0) is 28.7 Å². The third-order valence-corrected chi connectivity index (χ3v) is 3.29. The zero-order valence-corrected chi connectivity index (χ0v) is 12.6. The summed E-state index contributed by atoms with van der Waals surface area (Å²) in [5, 5.41) is 12.0. The van der Waals surface area contributed by atoms with Gasteiger partial charge in [0.2, 0.25) is 5.91 Å². The molecular weight excluding hydrogens is 270 g/mol. The summed E-state index contributed by atoms with van der Waals surface area (Å²) < 4.78 is 5.41. The number of hydrogen-bond acceptors (Lipinski definition) is 3. The van der Waals surface area contributed by atoms with E-state index in [2.05, 4.69) is 5.32 Å². The van der Waals surface area contributed by atoms with Gasteiger partial charge in [-0.25, -0.2) is 4.79 Å². The quantitative estimate of drug-likeness (QED) is 0.892. The summed E-state index contributed by atoms with van der Waals surface area (Å²) in [5.41, 5.74) is 1.39.